The second kappa shape index (κ2) is 9.16. The average molecular weight is 406 g/mol. The fraction of sp³-hybridized carbons (Fsp3) is 0.400. The number of carbonyl (C=O) groups is 1. The molecule has 1 N–H and O–H groups in total. The minimum Gasteiger partial charge on any atom is -0.489 e. The Morgan fingerprint density at radius 2 is 1.86 bits per heavy atom. The molecule has 0 bridgehead atoms. The minimum absolute atomic E-state index is 0.0970. The van der Waals surface area contributed by atoms with Crippen LogP contribution in [-0.4, -0.2) is 42.8 Å². The van der Waals surface area contributed by atoms with Crippen LogP contribution in [0.4, 0.5) is 5.69 Å². The Morgan fingerprint density at radius 3 is 2.43 bits per heavy atom. The van der Waals surface area contributed by atoms with Crippen molar-refractivity contribution < 1.29 is 17.9 Å². The zero-order chi connectivity index (χ0) is 20.9. The molecule has 1 amide bonds. The first-order chi connectivity index (χ1) is 13.2. The standard InChI is InChI=1S/C20H27N3O4S/c1-6-23(7-2)28(25,26)16-11-12-19(27-14(3)4)18(13-16)22-20(24)17-10-8-9-15(5)21-17/h8-14H,6-7H2,1-5H3,(H,22,24). The lowest BCUT2D eigenvalue weighted by Crippen LogP contribution is -2.30. The number of ether oxygens (including phenoxy) is 1. The van der Waals surface area contributed by atoms with Crippen LogP contribution in [0.2, 0.25) is 0 Å². The van der Waals surface area contributed by atoms with Crippen LogP contribution in [0.1, 0.15) is 43.9 Å². The van der Waals surface area contributed by atoms with E-state index in [4.69, 9.17) is 4.74 Å². The molecule has 0 radical (unpaired) electrons. The van der Waals surface area contributed by atoms with Crippen molar-refractivity contribution in [2.24, 2.45) is 0 Å². The zero-order valence-electron chi connectivity index (χ0n) is 16.9. The maximum atomic E-state index is 12.8. The maximum Gasteiger partial charge on any atom is 0.274 e. The SMILES string of the molecule is CCN(CC)S(=O)(=O)c1ccc(OC(C)C)c(NC(=O)c2cccc(C)n2)c1. The molecule has 0 saturated carbocycles. The number of aryl methyl sites for hydroxylation is 1. The van der Waals surface area contributed by atoms with Gasteiger partial charge >= 0.3 is 0 Å². The van der Waals surface area contributed by atoms with Crippen molar-refractivity contribution in [3.63, 3.8) is 0 Å². The topological polar surface area (TPSA) is 88.6 Å². The molecule has 0 aliphatic carbocycles. The van der Waals surface area contributed by atoms with Crippen LogP contribution in [0.15, 0.2) is 41.3 Å². The molecule has 2 rings (SSSR count). The highest BCUT2D eigenvalue weighted by Crippen LogP contribution is 2.30. The fourth-order valence-corrected chi connectivity index (χ4v) is 4.18. The number of anilines is 1. The van der Waals surface area contributed by atoms with E-state index in [1.807, 2.05) is 13.8 Å². The summed E-state index contributed by atoms with van der Waals surface area (Å²) in [5, 5.41) is 2.74. The Hall–Kier alpha value is -2.45. The molecule has 0 spiro atoms. The van der Waals surface area contributed by atoms with Crippen molar-refractivity contribution in [2.45, 2.75) is 45.6 Å². The molecule has 1 aromatic carbocycles. The summed E-state index contributed by atoms with van der Waals surface area (Å²) in [7, 11) is -3.67. The number of pyridine rings is 1. The monoisotopic (exact) mass is 405 g/mol. The maximum absolute atomic E-state index is 12.8. The Kier molecular flexibility index (Phi) is 7.15. The number of benzene rings is 1. The molecular weight excluding hydrogens is 378 g/mol. The number of amides is 1. The third-order valence-corrected chi connectivity index (χ3v) is 6.07. The van der Waals surface area contributed by atoms with Crippen molar-refractivity contribution >= 4 is 21.6 Å². The van der Waals surface area contributed by atoms with Gasteiger partial charge in [-0.2, -0.15) is 4.31 Å². The number of sulfonamides is 1. The van der Waals surface area contributed by atoms with E-state index in [-0.39, 0.29) is 22.4 Å². The summed E-state index contributed by atoms with van der Waals surface area (Å²) in [5.41, 5.74) is 1.24. The van der Waals surface area contributed by atoms with Gasteiger partial charge in [0.1, 0.15) is 11.4 Å². The Labute approximate surface area is 166 Å². The van der Waals surface area contributed by atoms with Gasteiger partial charge in [0.05, 0.1) is 16.7 Å². The molecule has 0 unspecified atom stereocenters. The van der Waals surface area contributed by atoms with E-state index < -0.39 is 15.9 Å². The van der Waals surface area contributed by atoms with Gasteiger partial charge in [0, 0.05) is 18.8 Å². The number of aromatic nitrogens is 1. The molecule has 8 heteroatoms. The number of hydrogen-bond donors (Lipinski definition) is 1. The van der Waals surface area contributed by atoms with Crippen LogP contribution >= 0.6 is 0 Å². The predicted molar refractivity (Wildman–Crippen MR) is 109 cm³/mol. The highest BCUT2D eigenvalue weighted by atomic mass is 32.2. The molecule has 152 valence electrons. The summed E-state index contributed by atoms with van der Waals surface area (Å²) >= 11 is 0. The van der Waals surface area contributed by atoms with Gasteiger partial charge in [0.25, 0.3) is 5.91 Å². The molecule has 2 aromatic rings. The lowest BCUT2D eigenvalue weighted by molar-refractivity contribution is 0.102. The fourth-order valence-electron chi connectivity index (χ4n) is 2.69. The van der Waals surface area contributed by atoms with Crippen LogP contribution in [0.5, 0.6) is 5.75 Å². The highest BCUT2D eigenvalue weighted by Gasteiger charge is 2.24. The quantitative estimate of drug-likeness (QED) is 0.727. The van der Waals surface area contributed by atoms with Gasteiger partial charge in [-0.3, -0.25) is 4.79 Å². The molecule has 0 fully saturated rings. The van der Waals surface area contributed by atoms with Crippen LogP contribution in [0.3, 0.4) is 0 Å². The van der Waals surface area contributed by atoms with Gasteiger partial charge in [-0.05, 0) is 51.1 Å². The van der Waals surface area contributed by atoms with Crippen LogP contribution in [0, 0.1) is 6.92 Å². The van der Waals surface area contributed by atoms with Gasteiger partial charge in [-0.1, -0.05) is 19.9 Å². The smallest absolute Gasteiger partial charge is 0.274 e. The molecule has 1 heterocycles. The van der Waals surface area contributed by atoms with E-state index in [2.05, 4.69) is 10.3 Å². The Morgan fingerprint density at radius 1 is 1.18 bits per heavy atom. The van der Waals surface area contributed by atoms with E-state index in [9.17, 15) is 13.2 Å². The van der Waals surface area contributed by atoms with Crippen molar-refractivity contribution in [3.05, 3.63) is 47.8 Å². The molecular formula is C20H27N3O4S. The van der Waals surface area contributed by atoms with Gasteiger partial charge in [-0.15, -0.1) is 0 Å². The second-order valence-corrected chi connectivity index (χ2v) is 8.47. The first kappa shape index (κ1) is 21.8. The van der Waals surface area contributed by atoms with E-state index in [1.54, 1.807) is 45.0 Å². The summed E-state index contributed by atoms with van der Waals surface area (Å²) in [6.45, 7) is 9.78. The minimum atomic E-state index is -3.67. The summed E-state index contributed by atoms with van der Waals surface area (Å²) in [6.07, 6.45) is -0.141. The Bertz CT molecular complexity index is 938. The number of nitrogens with one attached hydrogen (secondary N) is 1. The normalized spacial score (nSPS) is 11.7. The van der Waals surface area contributed by atoms with E-state index in [0.717, 1.165) is 0 Å². The summed E-state index contributed by atoms with van der Waals surface area (Å²) < 4.78 is 32.8. The lowest BCUT2D eigenvalue weighted by atomic mass is 10.2. The largest absolute Gasteiger partial charge is 0.489 e. The summed E-state index contributed by atoms with van der Waals surface area (Å²) in [6, 6.07) is 9.62. The third kappa shape index (κ3) is 5.08. The lowest BCUT2D eigenvalue weighted by Gasteiger charge is -2.20. The van der Waals surface area contributed by atoms with Crippen molar-refractivity contribution in [1.82, 2.24) is 9.29 Å². The average Bonchev–Trinajstić information content (AvgIpc) is 2.63. The second-order valence-electron chi connectivity index (χ2n) is 6.53. The van der Waals surface area contributed by atoms with Crippen molar-refractivity contribution in [3.8, 4) is 5.75 Å². The first-order valence-corrected chi connectivity index (χ1v) is 10.7. The van der Waals surface area contributed by atoms with Gasteiger partial charge in [-0.25, -0.2) is 13.4 Å². The molecule has 28 heavy (non-hydrogen) atoms. The first-order valence-electron chi connectivity index (χ1n) is 9.24. The van der Waals surface area contributed by atoms with Crippen molar-refractivity contribution in [2.75, 3.05) is 18.4 Å². The van der Waals surface area contributed by atoms with Crippen LogP contribution in [0.25, 0.3) is 0 Å². The number of carbonyl (C=O) groups excluding carboxylic acids is 1. The molecule has 1 aromatic heterocycles. The van der Waals surface area contributed by atoms with Crippen LogP contribution in [-0.2, 0) is 10.0 Å². The van der Waals surface area contributed by atoms with E-state index >= 15 is 0 Å². The molecule has 0 saturated heterocycles. The molecule has 0 aliphatic heterocycles. The summed E-state index contributed by atoms with van der Waals surface area (Å²) in [4.78, 5) is 16.9. The van der Waals surface area contributed by atoms with Crippen LogP contribution < -0.4 is 10.1 Å². The predicted octanol–water partition coefficient (Wildman–Crippen LogP) is 3.46. The molecule has 7 nitrogen and oxygen atoms in total. The summed E-state index contributed by atoms with van der Waals surface area (Å²) in [5.74, 6) is -0.0378. The number of nitrogens with zero attached hydrogens (tertiary/aromatic N) is 2. The highest BCUT2D eigenvalue weighted by molar-refractivity contribution is 7.89. The Balaban J connectivity index is 2.45. The van der Waals surface area contributed by atoms with Gasteiger partial charge < -0.3 is 10.1 Å². The van der Waals surface area contributed by atoms with E-state index in [0.29, 0.717) is 24.5 Å². The third-order valence-electron chi connectivity index (χ3n) is 4.03. The van der Waals surface area contributed by atoms with E-state index in [1.165, 1.54) is 16.4 Å². The van der Waals surface area contributed by atoms with Gasteiger partial charge in [0.15, 0.2) is 0 Å². The molecule has 0 atom stereocenters. The zero-order valence-corrected chi connectivity index (χ0v) is 17.7. The number of hydrogen-bond acceptors (Lipinski definition) is 5. The molecule has 0 aliphatic rings. The number of rotatable bonds is 8. The van der Waals surface area contributed by atoms with Crippen molar-refractivity contribution in [1.29, 1.82) is 0 Å². The van der Waals surface area contributed by atoms with Gasteiger partial charge in [0.2, 0.25) is 10.0 Å².